The third-order valence-electron chi connectivity index (χ3n) is 6.26. The fourth-order valence-corrected chi connectivity index (χ4v) is 6.76. The number of sulfone groups is 1. The smallest absolute Gasteiger partial charge is 0.339 e. The molecule has 0 radical (unpaired) electrons. The molecule has 0 N–H and O–H groups in total. The first kappa shape index (κ1) is 21.5. The molecule has 176 valence electrons. The maximum atomic E-state index is 13.2. The number of nitrogens with zero attached hydrogens (tertiary/aromatic N) is 4. The van der Waals surface area contributed by atoms with Crippen LogP contribution in [0.1, 0.15) is 58.7 Å². The van der Waals surface area contributed by atoms with E-state index in [1.165, 1.54) is 17.6 Å². The van der Waals surface area contributed by atoms with Crippen LogP contribution in [-0.2, 0) is 21.2 Å². The lowest BCUT2D eigenvalue weighted by molar-refractivity contribution is 0.0470. The molecule has 1 unspecified atom stereocenters. The predicted molar refractivity (Wildman–Crippen MR) is 125 cm³/mol. The van der Waals surface area contributed by atoms with E-state index in [0.717, 1.165) is 23.4 Å². The Morgan fingerprint density at radius 2 is 2.15 bits per heavy atom. The van der Waals surface area contributed by atoms with Crippen molar-refractivity contribution >= 4 is 38.2 Å². The number of esters is 1. The van der Waals surface area contributed by atoms with Gasteiger partial charge in [-0.15, -0.1) is 11.3 Å². The van der Waals surface area contributed by atoms with Crippen LogP contribution in [-0.4, -0.2) is 45.6 Å². The van der Waals surface area contributed by atoms with Crippen molar-refractivity contribution in [1.29, 1.82) is 0 Å². The summed E-state index contributed by atoms with van der Waals surface area (Å²) in [5.74, 6) is 0.483. The Morgan fingerprint density at radius 3 is 2.85 bits per heavy atom. The lowest BCUT2D eigenvalue weighted by Gasteiger charge is -2.11. The second-order valence-electron chi connectivity index (χ2n) is 8.85. The van der Waals surface area contributed by atoms with E-state index < -0.39 is 15.8 Å². The maximum Gasteiger partial charge on any atom is 0.339 e. The lowest BCUT2D eigenvalue weighted by Crippen LogP contribution is -2.14. The van der Waals surface area contributed by atoms with Gasteiger partial charge in [0.2, 0.25) is 5.89 Å². The van der Waals surface area contributed by atoms with E-state index in [2.05, 4.69) is 10.1 Å². The number of oxazole rings is 1. The van der Waals surface area contributed by atoms with Gasteiger partial charge in [0.25, 0.3) is 0 Å². The molecule has 0 spiro atoms. The van der Waals surface area contributed by atoms with Gasteiger partial charge in [0.1, 0.15) is 18.6 Å². The van der Waals surface area contributed by atoms with E-state index in [0.29, 0.717) is 46.2 Å². The number of carbonyl (C=O) groups is 1. The van der Waals surface area contributed by atoms with Crippen molar-refractivity contribution in [3.05, 3.63) is 52.5 Å². The van der Waals surface area contributed by atoms with Crippen molar-refractivity contribution in [3.63, 3.8) is 0 Å². The second kappa shape index (κ2) is 8.02. The Bertz CT molecular complexity index is 1500. The first-order chi connectivity index (χ1) is 16.4. The highest BCUT2D eigenvalue weighted by atomic mass is 32.2. The summed E-state index contributed by atoms with van der Waals surface area (Å²) >= 11 is 1.52. The summed E-state index contributed by atoms with van der Waals surface area (Å²) in [6, 6.07) is 5.35. The molecule has 1 saturated heterocycles. The van der Waals surface area contributed by atoms with Gasteiger partial charge in [-0.2, -0.15) is 5.10 Å². The van der Waals surface area contributed by atoms with Crippen molar-refractivity contribution in [2.45, 2.75) is 44.8 Å². The van der Waals surface area contributed by atoms with E-state index >= 15 is 0 Å². The van der Waals surface area contributed by atoms with Gasteiger partial charge in [-0.25, -0.2) is 27.9 Å². The van der Waals surface area contributed by atoms with E-state index in [4.69, 9.17) is 14.1 Å². The Balaban J connectivity index is 1.32. The van der Waals surface area contributed by atoms with Crippen LogP contribution in [0.15, 0.2) is 34.3 Å². The maximum absolute atomic E-state index is 13.2. The number of aryl methyl sites for hydroxylation is 1. The fraction of sp³-hybridized carbons (Fsp3) is 0.391. The number of pyridine rings is 1. The van der Waals surface area contributed by atoms with Gasteiger partial charge in [0.05, 0.1) is 39.1 Å². The monoisotopic (exact) mass is 498 g/mol. The van der Waals surface area contributed by atoms with Gasteiger partial charge < -0.3 is 9.15 Å². The molecule has 11 heteroatoms. The molecular weight excluding hydrogens is 476 g/mol. The summed E-state index contributed by atoms with van der Waals surface area (Å²) < 4.78 is 36.9. The van der Waals surface area contributed by atoms with Crippen LogP contribution < -0.4 is 0 Å². The summed E-state index contributed by atoms with van der Waals surface area (Å²) in [6.45, 7) is 1.78. The minimum Gasteiger partial charge on any atom is -0.455 e. The number of carbonyl (C=O) groups excluding carboxylic acids is 1. The molecule has 1 atom stereocenters. The third-order valence-corrected chi connectivity index (χ3v) is 8.87. The van der Waals surface area contributed by atoms with Gasteiger partial charge in [-0.3, -0.25) is 0 Å². The first-order valence-corrected chi connectivity index (χ1v) is 13.8. The van der Waals surface area contributed by atoms with E-state index in [1.807, 2.05) is 24.4 Å². The van der Waals surface area contributed by atoms with Gasteiger partial charge in [0.15, 0.2) is 15.5 Å². The Kier molecular flexibility index (Phi) is 5.07. The zero-order valence-corrected chi connectivity index (χ0v) is 20.1. The molecule has 34 heavy (non-hydrogen) atoms. The number of thiophene rings is 1. The van der Waals surface area contributed by atoms with Crippen LogP contribution in [0.2, 0.25) is 0 Å². The number of hydrogen-bond acceptors (Lipinski definition) is 9. The number of hydrogen-bond donors (Lipinski definition) is 0. The standard InChI is InChI=1S/C23H22N4O5S2/c1-13-20-17(23(28)32-11-15-10-31-22(24-15)19-3-2-7-33-19)9-18(14-4-5-14)25-21(20)27(26-13)16-6-8-34(29,30)12-16/h2-3,7,9-10,14,16H,4-6,8,11-12H2,1H3. The molecule has 6 rings (SSSR count). The molecular formula is C23H22N4O5S2. The summed E-state index contributed by atoms with van der Waals surface area (Å²) in [6.07, 6.45) is 4.01. The van der Waals surface area contributed by atoms with Crippen molar-refractivity contribution in [3.8, 4) is 10.8 Å². The predicted octanol–water partition coefficient (Wildman–Crippen LogP) is 4.05. The zero-order valence-electron chi connectivity index (χ0n) is 18.4. The number of rotatable bonds is 6. The molecule has 2 fully saturated rings. The molecule has 1 aliphatic heterocycles. The Hall–Kier alpha value is -3.05. The van der Waals surface area contributed by atoms with Crippen LogP contribution in [0.3, 0.4) is 0 Å². The topological polar surface area (TPSA) is 117 Å². The normalized spacial score (nSPS) is 19.6. The summed E-state index contributed by atoms with van der Waals surface area (Å²) in [5, 5.41) is 7.16. The van der Waals surface area contributed by atoms with Crippen LogP contribution in [0.5, 0.6) is 0 Å². The van der Waals surface area contributed by atoms with Gasteiger partial charge in [-0.1, -0.05) is 6.07 Å². The fourth-order valence-electron chi connectivity index (χ4n) is 4.41. The molecule has 1 saturated carbocycles. The lowest BCUT2D eigenvalue weighted by atomic mass is 10.1. The highest BCUT2D eigenvalue weighted by Gasteiger charge is 2.34. The average Bonchev–Trinajstić information content (AvgIpc) is 3.16. The molecule has 1 aliphatic carbocycles. The molecule has 0 bridgehead atoms. The summed E-state index contributed by atoms with van der Waals surface area (Å²) in [4.78, 5) is 23.3. The minimum atomic E-state index is -3.09. The molecule has 4 aromatic heterocycles. The minimum absolute atomic E-state index is 0.0235. The number of aromatic nitrogens is 4. The van der Waals surface area contributed by atoms with Gasteiger partial charge in [-0.05, 0) is 43.7 Å². The summed E-state index contributed by atoms with van der Waals surface area (Å²) in [7, 11) is -3.09. The zero-order chi connectivity index (χ0) is 23.4. The molecule has 0 aromatic carbocycles. The number of fused-ring (bicyclic) bond motifs is 1. The molecule has 2 aliphatic rings. The van der Waals surface area contributed by atoms with Gasteiger partial charge in [0, 0.05) is 11.6 Å². The van der Waals surface area contributed by atoms with Gasteiger partial charge >= 0.3 is 5.97 Å². The third kappa shape index (κ3) is 3.92. The molecule has 0 amide bonds. The van der Waals surface area contributed by atoms with Crippen molar-refractivity contribution in [2.75, 3.05) is 11.5 Å². The SMILES string of the molecule is Cc1nn(C2CCS(=O)(=O)C2)c2nc(C3CC3)cc(C(=O)OCc3coc(-c4cccs4)n3)c12. The van der Waals surface area contributed by atoms with E-state index in [1.54, 1.807) is 10.7 Å². The van der Waals surface area contributed by atoms with E-state index in [-0.39, 0.29) is 24.2 Å². The summed E-state index contributed by atoms with van der Waals surface area (Å²) in [5.41, 5.74) is 2.93. The van der Waals surface area contributed by atoms with E-state index in [9.17, 15) is 13.2 Å². The van der Waals surface area contributed by atoms with Crippen LogP contribution in [0, 0.1) is 6.92 Å². The average molecular weight is 499 g/mol. The van der Waals surface area contributed by atoms with Crippen molar-refractivity contribution < 1.29 is 22.4 Å². The van der Waals surface area contributed by atoms with Crippen LogP contribution >= 0.6 is 11.3 Å². The number of ether oxygens (including phenoxy) is 1. The van der Waals surface area contributed by atoms with Crippen LogP contribution in [0.4, 0.5) is 0 Å². The molecule has 5 heterocycles. The Labute approximate surface area is 199 Å². The largest absolute Gasteiger partial charge is 0.455 e. The first-order valence-electron chi connectivity index (χ1n) is 11.1. The highest BCUT2D eigenvalue weighted by molar-refractivity contribution is 7.91. The molecule has 9 nitrogen and oxygen atoms in total. The van der Waals surface area contributed by atoms with Crippen molar-refractivity contribution in [1.82, 2.24) is 19.7 Å². The van der Waals surface area contributed by atoms with Crippen LogP contribution in [0.25, 0.3) is 21.8 Å². The molecule has 4 aromatic rings. The van der Waals surface area contributed by atoms with Crippen molar-refractivity contribution in [2.24, 2.45) is 0 Å². The Morgan fingerprint density at radius 1 is 1.29 bits per heavy atom. The quantitative estimate of drug-likeness (QED) is 0.366. The highest BCUT2D eigenvalue weighted by Crippen LogP contribution is 2.41. The second-order valence-corrected chi connectivity index (χ2v) is 12.0.